The first-order valence-corrected chi connectivity index (χ1v) is 10.3. The second kappa shape index (κ2) is 7.50. The zero-order chi connectivity index (χ0) is 17.1. The van der Waals surface area contributed by atoms with E-state index in [1.165, 1.54) is 18.4 Å². The van der Waals surface area contributed by atoms with Crippen molar-refractivity contribution < 1.29 is 9.53 Å². The number of amides is 1. The van der Waals surface area contributed by atoms with Crippen molar-refractivity contribution in [3.63, 3.8) is 0 Å². The molecule has 25 heavy (non-hydrogen) atoms. The quantitative estimate of drug-likeness (QED) is 0.755. The van der Waals surface area contributed by atoms with Gasteiger partial charge < -0.3 is 9.64 Å². The molecule has 5 heteroatoms. The average molecular weight is 359 g/mol. The predicted molar refractivity (Wildman–Crippen MR) is 100 cm³/mol. The van der Waals surface area contributed by atoms with E-state index in [0.717, 1.165) is 43.8 Å². The third-order valence-corrected chi connectivity index (χ3v) is 7.02. The van der Waals surface area contributed by atoms with Crippen molar-refractivity contribution in [2.45, 2.75) is 56.0 Å². The van der Waals surface area contributed by atoms with Crippen molar-refractivity contribution in [2.24, 2.45) is 0 Å². The monoisotopic (exact) mass is 358 g/mol. The van der Waals surface area contributed by atoms with Crippen LogP contribution in [-0.2, 0) is 16.1 Å². The maximum Gasteiger partial charge on any atom is 0.226 e. The van der Waals surface area contributed by atoms with Crippen molar-refractivity contribution in [1.29, 1.82) is 0 Å². The summed E-state index contributed by atoms with van der Waals surface area (Å²) in [5.74, 6) is 1.34. The Morgan fingerprint density at radius 1 is 1.36 bits per heavy atom. The van der Waals surface area contributed by atoms with Crippen LogP contribution in [-0.4, -0.2) is 45.5 Å². The first-order valence-electron chi connectivity index (χ1n) is 9.34. The van der Waals surface area contributed by atoms with Crippen LogP contribution in [0, 0.1) is 0 Å². The van der Waals surface area contributed by atoms with Gasteiger partial charge in [0.05, 0.1) is 23.2 Å². The molecule has 0 unspecified atom stereocenters. The van der Waals surface area contributed by atoms with Gasteiger partial charge in [-0.3, -0.25) is 9.78 Å². The summed E-state index contributed by atoms with van der Waals surface area (Å²) in [6, 6.07) is 5.92. The van der Waals surface area contributed by atoms with Crippen molar-refractivity contribution >= 4 is 17.7 Å². The molecule has 1 spiro atoms. The van der Waals surface area contributed by atoms with Crippen LogP contribution in [0.2, 0.25) is 0 Å². The number of pyridine rings is 1. The summed E-state index contributed by atoms with van der Waals surface area (Å²) in [6.45, 7) is 2.37. The van der Waals surface area contributed by atoms with Crippen molar-refractivity contribution in [3.8, 4) is 0 Å². The lowest BCUT2D eigenvalue weighted by atomic mass is 9.91. The molecule has 4 rings (SSSR count). The molecule has 2 aliphatic heterocycles. The molecule has 2 fully saturated rings. The van der Waals surface area contributed by atoms with Gasteiger partial charge in [-0.2, -0.15) is 0 Å². The lowest BCUT2D eigenvalue weighted by Crippen LogP contribution is -2.60. The SMILES string of the molecule is O=C(CC1=CCCCC1)N1CC2(C[C@@H](OCc3ccccn3)CS2)C1. The molecule has 1 aliphatic carbocycles. The molecule has 2 saturated heterocycles. The van der Waals surface area contributed by atoms with Gasteiger partial charge in [0, 0.05) is 31.5 Å². The number of carbonyl (C=O) groups excluding carboxylic acids is 1. The van der Waals surface area contributed by atoms with Gasteiger partial charge in [0.25, 0.3) is 0 Å². The Morgan fingerprint density at radius 2 is 2.28 bits per heavy atom. The highest BCUT2D eigenvalue weighted by Gasteiger charge is 2.50. The summed E-state index contributed by atoms with van der Waals surface area (Å²) in [4.78, 5) is 18.8. The summed E-state index contributed by atoms with van der Waals surface area (Å²) < 4.78 is 6.28. The fourth-order valence-corrected chi connectivity index (χ4v) is 5.57. The Morgan fingerprint density at radius 3 is 3.04 bits per heavy atom. The summed E-state index contributed by atoms with van der Waals surface area (Å²) >= 11 is 1.99. The summed E-state index contributed by atoms with van der Waals surface area (Å²) in [6.07, 6.45) is 10.8. The van der Waals surface area contributed by atoms with Crippen LogP contribution < -0.4 is 0 Å². The topological polar surface area (TPSA) is 42.4 Å². The highest BCUT2D eigenvalue weighted by atomic mass is 32.2. The molecule has 0 bridgehead atoms. The van der Waals surface area contributed by atoms with Gasteiger partial charge in [-0.25, -0.2) is 0 Å². The number of nitrogens with zero attached hydrogens (tertiary/aromatic N) is 2. The molecular weight excluding hydrogens is 332 g/mol. The van der Waals surface area contributed by atoms with E-state index in [1.54, 1.807) is 6.20 Å². The van der Waals surface area contributed by atoms with Gasteiger partial charge in [-0.1, -0.05) is 17.7 Å². The van der Waals surface area contributed by atoms with E-state index in [-0.39, 0.29) is 10.9 Å². The minimum atomic E-state index is 0.241. The van der Waals surface area contributed by atoms with E-state index < -0.39 is 0 Å². The van der Waals surface area contributed by atoms with E-state index in [2.05, 4.69) is 11.1 Å². The lowest BCUT2D eigenvalue weighted by Gasteiger charge is -2.47. The van der Waals surface area contributed by atoms with Crippen molar-refractivity contribution in [2.75, 3.05) is 18.8 Å². The number of hydrogen-bond acceptors (Lipinski definition) is 4. The van der Waals surface area contributed by atoms with Crippen LogP contribution in [0.25, 0.3) is 0 Å². The minimum absolute atomic E-state index is 0.241. The molecule has 0 radical (unpaired) electrons. The number of aromatic nitrogens is 1. The molecule has 134 valence electrons. The largest absolute Gasteiger partial charge is 0.371 e. The minimum Gasteiger partial charge on any atom is -0.371 e. The molecule has 1 atom stereocenters. The number of rotatable bonds is 5. The second-order valence-electron chi connectivity index (χ2n) is 7.49. The van der Waals surface area contributed by atoms with Crippen LogP contribution in [0.1, 0.15) is 44.2 Å². The Balaban J connectivity index is 1.21. The highest BCUT2D eigenvalue weighted by molar-refractivity contribution is 8.01. The first-order chi connectivity index (χ1) is 12.2. The molecule has 1 aromatic rings. The lowest BCUT2D eigenvalue weighted by molar-refractivity contribution is -0.136. The fourth-order valence-electron chi connectivity index (χ4n) is 4.01. The van der Waals surface area contributed by atoms with Gasteiger partial charge in [0.15, 0.2) is 0 Å². The zero-order valence-corrected chi connectivity index (χ0v) is 15.5. The van der Waals surface area contributed by atoms with E-state index in [0.29, 0.717) is 18.9 Å². The van der Waals surface area contributed by atoms with Gasteiger partial charge >= 0.3 is 0 Å². The molecule has 0 saturated carbocycles. The molecule has 4 nitrogen and oxygen atoms in total. The third-order valence-electron chi connectivity index (χ3n) is 5.44. The first kappa shape index (κ1) is 17.1. The van der Waals surface area contributed by atoms with Crippen molar-refractivity contribution in [3.05, 3.63) is 41.7 Å². The van der Waals surface area contributed by atoms with Crippen LogP contribution in [0.15, 0.2) is 36.0 Å². The van der Waals surface area contributed by atoms with Gasteiger partial charge in [0.2, 0.25) is 5.91 Å². The Labute approximate surface area is 154 Å². The summed E-state index contributed by atoms with van der Waals surface area (Å²) in [5, 5.41) is 0. The van der Waals surface area contributed by atoms with E-state index in [9.17, 15) is 4.79 Å². The van der Waals surface area contributed by atoms with E-state index in [4.69, 9.17) is 4.74 Å². The van der Waals surface area contributed by atoms with E-state index >= 15 is 0 Å². The van der Waals surface area contributed by atoms with Crippen LogP contribution in [0.5, 0.6) is 0 Å². The van der Waals surface area contributed by atoms with Gasteiger partial charge in [-0.15, -0.1) is 11.8 Å². The predicted octanol–water partition coefficient (Wildman–Crippen LogP) is 3.58. The van der Waals surface area contributed by atoms with Crippen molar-refractivity contribution in [1.82, 2.24) is 9.88 Å². The number of thioether (sulfide) groups is 1. The number of likely N-dealkylation sites (tertiary alicyclic amines) is 1. The fraction of sp³-hybridized carbons (Fsp3) is 0.600. The third kappa shape index (κ3) is 4.09. The average Bonchev–Trinajstić information content (AvgIpc) is 3.05. The molecule has 3 heterocycles. The van der Waals surface area contributed by atoms with Crippen LogP contribution >= 0.6 is 11.8 Å². The van der Waals surface area contributed by atoms with Crippen LogP contribution in [0.4, 0.5) is 0 Å². The van der Waals surface area contributed by atoms with Gasteiger partial charge in [-0.05, 0) is 44.2 Å². The number of allylic oxidation sites excluding steroid dienone is 1. The second-order valence-corrected chi connectivity index (χ2v) is 8.97. The normalized spacial score (nSPS) is 24.9. The maximum atomic E-state index is 12.5. The van der Waals surface area contributed by atoms with E-state index in [1.807, 2.05) is 34.9 Å². The molecule has 0 aromatic carbocycles. The van der Waals surface area contributed by atoms with Crippen LogP contribution in [0.3, 0.4) is 0 Å². The summed E-state index contributed by atoms with van der Waals surface area (Å²) in [5.41, 5.74) is 2.34. The molecule has 0 N–H and O–H groups in total. The standard InChI is InChI=1S/C20H26N2O2S/c23-19(10-16-6-2-1-3-7-16)22-14-20(15-22)11-18(13-25-20)24-12-17-8-4-5-9-21-17/h4-6,8-9,18H,1-3,7,10-15H2/t18-/m1/s1. The molecular formula is C20H26N2O2S. The Hall–Kier alpha value is -1.33. The molecule has 3 aliphatic rings. The Bertz CT molecular complexity index is 640. The smallest absolute Gasteiger partial charge is 0.226 e. The number of hydrogen-bond donors (Lipinski definition) is 0. The highest BCUT2D eigenvalue weighted by Crippen LogP contribution is 2.46. The summed E-state index contributed by atoms with van der Waals surface area (Å²) in [7, 11) is 0. The Kier molecular flexibility index (Phi) is 5.13. The zero-order valence-electron chi connectivity index (χ0n) is 14.7. The number of carbonyl (C=O) groups is 1. The van der Waals surface area contributed by atoms with Gasteiger partial charge in [0.1, 0.15) is 0 Å². The molecule has 1 amide bonds. The molecule has 1 aromatic heterocycles. The number of ether oxygens (including phenoxy) is 1. The maximum absolute atomic E-state index is 12.5.